The average Bonchev–Trinajstić information content (AvgIpc) is 3.33. The summed E-state index contributed by atoms with van der Waals surface area (Å²) in [4.78, 5) is 23.2. The van der Waals surface area contributed by atoms with Crippen molar-refractivity contribution in [1.82, 2.24) is 19.3 Å². The second kappa shape index (κ2) is 5.22. The Bertz CT molecular complexity index is 895. The van der Waals surface area contributed by atoms with Gasteiger partial charge in [-0.05, 0) is 30.9 Å². The van der Waals surface area contributed by atoms with Gasteiger partial charge in [-0.3, -0.25) is 4.79 Å². The molecule has 1 aliphatic rings. The Kier molecular flexibility index (Phi) is 3.18. The van der Waals surface area contributed by atoms with Crippen LogP contribution in [0, 0.1) is 5.92 Å². The van der Waals surface area contributed by atoms with E-state index >= 15 is 0 Å². The fourth-order valence-corrected chi connectivity index (χ4v) is 2.89. The highest BCUT2D eigenvalue weighted by molar-refractivity contribution is 6.15. The van der Waals surface area contributed by atoms with Gasteiger partial charge in [0.1, 0.15) is 12.1 Å². The fourth-order valence-electron chi connectivity index (χ4n) is 2.89. The molecule has 1 aliphatic carbocycles. The lowest BCUT2D eigenvalue weighted by Gasteiger charge is -2.11. The molecular weight excluding hydrogens is 290 g/mol. The second-order valence-electron chi connectivity index (χ2n) is 6.28. The van der Waals surface area contributed by atoms with E-state index in [9.17, 15) is 4.79 Å². The van der Waals surface area contributed by atoms with Crippen LogP contribution in [0.2, 0.25) is 0 Å². The van der Waals surface area contributed by atoms with Crippen LogP contribution < -0.4 is 5.32 Å². The number of nitrogens with one attached hydrogen (secondary N) is 1. The van der Waals surface area contributed by atoms with Crippen molar-refractivity contribution >= 4 is 28.3 Å². The van der Waals surface area contributed by atoms with E-state index in [0.717, 1.165) is 34.8 Å². The zero-order valence-electron chi connectivity index (χ0n) is 13.3. The first-order valence-electron chi connectivity index (χ1n) is 7.86. The van der Waals surface area contributed by atoms with Crippen LogP contribution in [0.15, 0.2) is 30.7 Å². The molecule has 118 valence electrons. The number of amides is 1. The number of hydrogen-bond donors (Lipinski definition) is 1. The van der Waals surface area contributed by atoms with E-state index in [1.807, 2.05) is 28.8 Å². The molecule has 0 aliphatic heterocycles. The maximum Gasteiger partial charge on any atom is 0.256 e. The minimum absolute atomic E-state index is 0.0343. The predicted octanol–water partition coefficient (Wildman–Crippen LogP) is 2.41. The number of rotatable bonds is 4. The molecule has 4 rings (SSSR count). The number of carbonyl (C=O) groups is 1. The van der Waals surface area contributed by atoms with Crippen molar-refractivity contribution in [3.63, 3.8) is 0 Å². The van der Waals surface area contributed by atoms with Crippen LogP contribution in [0.1, 0.15) is 23.2 Å². The van der Waals surface area contributed by atoms with Gasteiger partial charge in [-0.2, -0.15) is 0 Å². The molecule has 23 heavy (non-hydrogen) atoms. The molecule has 1 fully saturated rings. The number of aromatic nitrogens is 3. The van der Waals surface area contributed by atoms with Crippen LogP contribution >= 0.6 is 0 Å². The summed E-state index contributed by atoms with van der Waals surface area (Å²) < 4.78 is 1.95. The third kappa shape index (κ3) is 2.30. The summed E-state index contributed by atoms with van der Waals surface area (Å²) in [5.74, 6) is 1.44. The number of nitrogens with zero attached hydrogens (tertiary/aromatic N) is 4. The van der Waals surface area contributed by atoms with Crippen LogP contribution in [0.5, 0.6) is 0 Å². The van der Waals surface area contributed by atoms with Gasteiger partial charge in [0, 0.05) is 26.8 Å². The highest BCUT2D eigenvalue weighted by Crippen LogP contribution is 2.33. The Morgan fingerprint density at radius 2 is 2.17 bits per heavy atom. The summed E-state index contributed by atoms with van der Waals surface area (Å²) in [7, 11) is 3.53. The standard InChI is InChI=1S/C17H19N5O/c1-21(2)17(23)13-12-5-3-4-8-22(12)16-14(13)15(19-10-20-16)18-9-11-6-7-11/h3-5,8,10-11H,6-7,9H2,1-2H3,(H,18,19,20). The number of hydrogen-bond acceptors (Lipinski definition) is 4. The van der Waals surface area contributed by atoms with E-state index in [1.54, 1.807) is 25.3 Å². The van der Waals surface area contributed by atoms with Crippen LogP contribution in [0.3, 0.4) is 0 Å². The van der Waals surface area contributed by atoms with Gasteiger partial charge in [-0.15, -0.1) is 0 Å². The lowest BCUT2D eigenvalue weighted by atomic mass is 10.1. The van der Waals surface area contributed by atoms with Gasteiger partial charge in [0.15, 0.2) is 5.65 Å². The van der Waals surface area contributed by atoms with Crippen molar-refractivity contribution in [3.05, 3.63) is 36.3 Å². The lowest BCUT2D eigenvalue weighted by Crippen LogP contribution is -2.22. The normalized spacial score (nSPS) is 14.3. The molecule has 6 nitrogen and oxygen atoms in total. The Balaban J connectivity index is 1.98. The van der Waals surface area contributed by atoms with Crippen molar-refractivity contribution in [2.24, 2.45) is 5.92 Å². The molecule has 6 heteroatoms. The van der Waals surface area contributed by atoms with E-state index in [4.69, 9.17) is 0 Å². The molecule has 1 amide bonds. The molecule has 0 unspecified atom stereocenters. The largest absolute Gasteiger partial charge is 0.369 e. The topological polar surface area (TPSA) is 62.5 Å². The smallest absolute Gasteiger partial charge is 0.256 e. The molecular formula is C17H19N5O. The van der Waals surface area contributed by atoms with Gasteiger partial charge in [-0.25, -0.2) is 9.97 Å². The average molecular weight is 309 g/mol. The minimum Gasteiger partial charge on any atom is -0.369 e. The lowest BCUT2D eigenvalue weighted by molar-refractivity contribution is 0.0831. The quantitative estimate of drug-likeness (QED) is 0.804. The SMILES string of the molecule is CN(C)C(=O)c1c2c(NCC3CC3)ncnc2n2ccccc12. The first-order chi connectivity index (χ1) is 11.2. The first kappa shape index (κ1) is 14.0. The summed E-state index contributed by atoms with van der Waals surface area (Å²) >= 11 is 0. The van der Waals surface area contributed by atoms with Gasteiger partial charge in [0.05, 0.1) is 16.5 Å². The van der Waals surface area contributed by atoms with Crippen molar-refractivity contribution in [1.29, 1.82) is 0 Å². The summed E-state index contributed by atoms with van der Waals surface area (Å²) in [5, 5.41) is 4.21. The molecule has 0 atom stereocenters. The van der Waals surface area contributed by atoms with Crippen LogP contribution in [0.4, 0.5) is 5.82 Å². The Morgan fingerprint density at radius 1 is 1.35 bits per heavy atom. The van der Waals surface area contributed by atoms with Crippen LogP contribution in [-0.4, -0.2) is 45.8 Å². The van der Waals surface area contributed by atoms with E-state index < -0.39 is 0 Å². The van der Waals surface area contributed by atoms with E-state index in [1.165, 1.54) is 12.8 Å². The third-order valence-electron chi connectivity index (χ3n) is 4.30. The van der Waals surface area contributed by atoms with Crippen LogP contribution in [-0.2, 0) is 0 Å². The highest BCUT2D eigenvalue weighted by atomic mass is 16.2. The Morgan fingerprint density at radius 3 is 2.91 bits per heavy atom. The van der Waals surface area contributed by atoms with Gasteiger partial charge in [0.25, 0.3) is 5.91 Å². The van der Waals surface area contributed by atoms with Crippen molar-refractivity contribution < 1.29 is 4.79 Å². The molecule has 0 radical (unpaired) electrons. The van der Waals surface area contributed by atoms with Gasteiger partial charge < -0.3 is 14.6 Å². The second-order valence-corrected chi connectivity index (χ2v) is 6.28. The van der Waals surface area contributed by atoms with E-state index in [0.29, 0.717) is 5.56 Å². The van der Waals surface area contributed by atoms with Crippen molar-refractivity contribution in [2.45, 2.75) is 12.8 Å². The maximum absolute atomic E-state index is 12.8. The number of carbonyl (C=O) groups excluding carboxylic acids is 1. The molecule has 1 saturated carbocycles. The molecule has 3 aromatic heterocycles. The van der Waals surface area contributed by atoms with E-state index in [-0.39, 0.29) is 5.91 Å². The van der Waals surface area contributed by atoms with Gasteiger partial charge in [0.2, 0.25) is 0 Å². The monoisotopic (exact) mass is 309 g/mol. The van der Waals surface area contributed by atoms with Crippen molar-refractivity contribution in [2.75, 3.05) is 26.0 Å². The molecule has 0 aromatic carbocycles. The van der Waals surface area contributed by atoms with Gasteiger partial charge >= 0.3 is 0 Å². The third-order valence-corrected chi connectivity index (χ3v) is 4.30. The molecule has 3 heterocycles. The summed E-state index contributed by atoms with van der Waals surface area (Å²) in [6.45, 7) is 0.897. The molecule has 1 N–H and O–H groups in total. The summed E-state index contributed by atoms with van der Waals surface area (Å²) in [6, 6.07) is 5.82. The summed E-state index contributed by atoms with van der Waals surface area (Å²) in [5.41, 5.74) is 2.28. The van der Waals surface area contributed by atoms with Crippen LogP contribution in [0.25, 0.3) is 16.6 Å². The zero-order valence-corrected chi connectivity index (χ0v) is 13.3. The predicted molar refractivity (Wildman–Crippen MR) is 89.7 cm³/mol. The molecule has 3 aromatic rings. The summed E-state index contributed by atoms with van der Waals surface area (Å²) in [6.07, 6.45) is 6.02. The van der Waals surface area contributed by atoms with Gasteiger partial charge in [-0.1, -0.05) is 6.07 Å². The first-order valence-corrected chi connectivity index (χ1v) is 7.86. The number of fused-ring (bicyclic) bond motifs is 3. The fraction of sp³-hybridized carbons (Fsp3) is 0.353. The Labute approximate surface area is 134 Å². The molecule has 0 bridgehead atoms. The highest BCUT2D eigenvalue weighted by Gasteiger charge is 2.25. The minimum atomic E-state index is -0.0343. The number of anilines is 1. The van der Waals surface area contributed by atoms with Crippen molar-refractivity contribution in [3.8, 4) is 0 Å². The maximum atomic E-state index is 12.8. The van der Waals surface area contributed by atoms with E-state index in [2.05, 4.69) is 15.3 Å². The zero-order chi connectivity index (χ0) is 16.0. The Hall–Kier alpha value is -2.63. The number of pyridine rings is 1. The molecule has 0 saturated heterocycles. The molecule has 0 spiro atoms.